The summed E-state index contributed by atoms with van der Waals surface area (Å²) in [6, 6.07) is 20.8. The summed E-state index contributed by atoms with van der Waals surface area (Å²) in [7, 11) is 0.564. The van der Waals surface area contributed by atoms with Gasteiger partial charge in [0.15, 0.2) is 21.3 Å². The van der Waals surface area contributed by atoms with E-state index >= 15 is 0 Å². The maximum Gasteiger partial charge on any atom is 0.231 e. The molecule has 3 aromatic rings. The Morgan fingerprint density at radius 2 is 1.67 bits per heavy atom. The molecule has 0 spiro atoms. The lowest BCUT2D eigenvalue weighted by molar-refractivity contribution is -0.120. The quantitative estimate of drug-likeness (QED) is 0.399. The molecule has 0 N–H and O–H groups in total. The molecule has 188 valence electrons. The van der Waals surface area contributed by atoms with E-state index in [2.05, 4.69) is 0 Å². The second-order valence-electron chi connectivity index (χ2n) is 9.95. The molecule has 0 unspecified atom stereocenters. The molecule has 5 rings (SSSR count). The molecular weight excluding hydrogens is 474 g/mol. The third-order valence-corrected chi connectivity index (χ3v) is 8.88. The average Bonchev–Trinajstić information content (AvgIpc) is 3.55. The van der Waals surface area contributed by atoms with E-state index in [-0.39, 0.29) is 18.3 Å². The highest BCUT2D eigenvalue weighted by atomic mass is 32.2. The molecule has 1 saturated carbocycles. The van der Waals surface area contributed by atoms with Gasteiger partial charge < -0.3 is 14.4 Å². The van der Waals surface area contributed by atoms with Gasteiger partial charge in [0, 0.05) is 6.42 Å². The van der Waals surface area contributed by atoms with Crippen molar-refractivity contribution in [3.05, 3.63) is 77.9 Å². The predicted molar refractivity (Wildman–Crippen MR) is 139 cm³/mol. The average molecular weight is 506 g/mol. The molecule has 1 aliphatic carbocycles. The van der Waals surface area contributed by atoms with Crippen LogP contribution < -0.4 is 9.47 Å². The molecule has 0 atom stereocenters. The van der Waals surface area contributed by atoms with Gasteiger partial charge in [0.2, 0.25) is 6.79 Å². The molecule has 2 aliphatic rings. The molecule has 1 fully saturated rings. The minimum Gasteiger partial charge on any atom is -0.454 e. The minimum atomic E-state index is -3.31. The molecule has 1 heterocycles. The zero-order valence-corrected chi connectivity index (χ0v) is 21.5. The van der Waals surface area contributed by atoms with Crippen molar-refractivity contribution in [2.45, 2.75) is 36.0 Å². The maximum atomic E-state index is 13.4. The van der Waals surface area contributed by atoms with Crippen LogP contribution in [0, 0.1) is 0 Å². The third kappa shape index (κ3) is 5.04. The first-order valence-electron chi connectivity index (χ1n) is 12.3. The van der Waals surface area contributed by atoms with Crippen molar-refractivity contribution >= 4 is 15.6 Å². The van der Waals surface area contributed by atoms with Gasteiger partial charge in [-0.2, -0.15) is 0 Å². The van der Waals surface area contributed by atoms with E-state index in [0.29, 0.717) is 23.5 Å². The molecule has 0 amide bonds. The summed E-state index contributed by atoms with van der Waals surface area (Å²) in [6.45, 7) is 0.953. The summed E-state index contributed by atoms with van der Waals surface area (Å²) in [5.41, 5.74) is 3.39. The van der Waals surface area contributed by atoms with Crippen LogP contribution in [0.15, 0.2) is 71.6 Å². The van der Waals surface area contributed by atoms with Crippen molar-refractivity contribution in [1.82, 2.24) is 4.90 Å². The molecular formula is C29H31NO5S. The van der Waals surface area contributed by atoms with E-state index in [4.69, 9.17) is 9.47 Å². The van der Waals surface area contributed by atoms with Gasteiger partial charge in [-0.15, -0.1) is 0 Å². The number of Topliss-reactive ketones (excluding diaryl/α,β-unsaturated/α-hetero) is 1. The fourth-order valence-corrected chi connectivity index (χ4v) is 6.10. The van der Waals surface area contributed by atoms with Gasteiger partial charge >= 0.3 is 0 Å². The highest BCUT2D eigenvalue weighted by Crippen LogP contribution is 2.51. The van der Waals surface area contributed by atoms with Crippen molar-refractivity contribution in [1.29, 1.82) is 0 Å². The number of nitrogens with zero attached hydrogens (tertiary/aromatic N) is 1. The van der Waals surface area contributed by atoms with Gasteiger partial charge in [0.1, 0.15) is 5.78 Å². The maximum absolute atomic E-state index is 13.4. The van der Waals surface area contributed by atoms with Gasteiger partial charge in [0.25, 0.3) is 0 Å². The monoisotopic (exact) mass is 505 g/mol. The van der Waals surface area contributed by atoms with E-state index in [9.17, 15) is 13.2 Å². The first-order valence-corrected chi connectivity index (χ1v) is 13.9. The normalized spacial score (nSPS) is 15.8. The van der Waals surface area contributed by atoms with Crippen molar-refractivity contribution in [3.8, 4) is 22.6 Å². The molecule has 0 radical (unpaired) electrons. The van der Waals surface area contributed by atoms with Crippen molar-refractivity contribution in [2.75, 3.05) is 33.2 Å². The lowest BCUT2D eigenvalue weighted by Gasteiger charge is -2.16. The van der Waals surface area contributed by atoms with Crippen molar-refractivity contribution in [3.63, 3.8) is 0 Å². The number of rotatable bonds is 10. The lowest BCUT2D eigenvalue weighted by atomic mass is 9.87. The zero-order chi connectivity index (χ0) is 25.3. The number of carbonyl (C=O) groups excluding carboxylic acids is 1. The van der Waals surface area contributed by atoms with Crippen LogP contribution in [0.1, 0.15) is 30.4 Å². The van der Waals surface area contributed by atoms with Gasteiger partial charge in [-0.3, -0.25) is 4.79 Å². The van der Waals surface area contributed by atoms with Crippen LogP contribution in [-0.4, -0.2) is 52.3 Å². The fourth-order valence-electron chi connectivity index (χ4n) is 4.81. The number of benzene rings is 3. The zero-order valence-electron chi connectivity index (χ0n) is 20.7. The Labute approximate surface area is 212 Å². The van der Waals surface area contributed by atoms with Gasteiger partial charge in [0.05, 0.1) is 16.1 Å². The second-order valence-corrected chi connectivity index (χ2v) is 12.1. The second kappa shape index (κ2) is 9.71. The van der Waals surface area contributed by atoms with Crippen LogP contribution in [0.25, 0.3) is 11.1 Å². The fraction of sp³-hybridized carbons (Fsp3) is 0.345. The molecule has 0 saturated heterocycles. The van der Waals surface area contributed by atoms with E-state index < -0.39 is 15.3 Å². The number of ether oxygens (including phenoxy) is 2. The van der Waals surface area contributed by atoms with Crippen LogP contribution in [0.3, 0.4) is 0 Å². The summed E-state index contributed by atoms with van der Waals surface area (Å²) < 4.78 is 36.2. The summed E-state index contributed by atoms with van der Waals surface area (Å²) >= 11 is 0. The predicted octanol–water partition coefficient (Wildman–Crippen LogP) is 4.65. The SMILES string of the molecule is CN(C)CCCS(=O)(=O)c1ccc(-c2cccc(CC(=O)C3(c4ccc5c(c4)OCO5)CC3)c2)cc1. The van der Waals surface area contributed by atoms with E-state index in [1.165, 1.54) is 0 Å². The highest BCUT2D eigenvalue weighted by Gasteiger charge is 2.50. The number of hydrogen-bond acceptors (Lipinski definition) is 6. The van der Waals surface area contributed by atoms with Gasteiger partial charge in [-0.05, 0) is 86.4 Å². The first-order chi connectivity index (χ1) is 17.3. The third-order valence-electron chi connectivity index (χ3n) is 7.07. The molecule has 1 aliphatic heterocycles. The number of hydrogen-bond donors (Lipinski definition) is 0. The summed E-state index contributed by atoms with van der Waals surface area (Å²) in [4.78, 5) is 15.7. The van der Waals surface area contributed by atoms with Crippen LogP contribution >= 0.6 is 0 Å². The number of fused-ring (bicyclic) bond motifs is 1. The smallest absolute Gasteiger partial charge is 0.231 e. The van der Waals surface area contributed by atoms with Crippen LogP contribution in [0.4, 0.5) is 0 Å². The van der Waals surface area contributed by atoms with Gasteiger partial charge in [-0.25, -0.2) is 8.42 Å². The van der Waals surface area contributed by atoms with Crippen LogP contribution in [-0.2, 0) is 26.5 Å². The van der Waals surface area contributed by atoms with Crippen LogP contribution in [0.2, 0.25) is 0 Å². The summed E-state index contributed by atoms with van der Waals surface area (Å²) in [6.07, 6.45) is 2.63. The van der Waals surface area contributed by atoms with Crippen molar-refractivity contribution in [2.24, 2.45) is 0 Å². The Morgan fingerprint density at radius 1 is 0.917 bits per heavy atom. The topological polar surface area (TPSA) is 72.9 Å². The summed E-state index contributed by atoms with van der Waals surface area (Å²) in [5.74, 6) is 1.77. The van der Waals surface area contributed by atoms with Gasteiger partial charge in [-0.1, -0.05) is 42.5 Å². The molecule has 7 heteroatoms. The Kier molecular flexibility index (Phi) is 6.62. The molecule has 0 aromatic heterocycles. The Balaban J connectivity index is 1.29. The standard InChI is InChI=1S/C29H31NO5S/c1-30(2)15-4-16-36(32,33)25-10-7-22(8-11-25)23-6-3-5-21(17-23)18-28(31)29(13-14-29)24-9-12-26-27(19-24)35-20-34-26/h3,5-12,17,19H,4,13-16,18,20H2,1-2H3. The number of carbonyl (C=O) groups is 1. The van der Waals surface area contributed by atoms with E-state index in [1.54, 1.807) is 12.1 Å². The highest BCUT2D eigenvalue weighted by molar-refractivity contribution is 7.91. The Morgan fingerprint density at radius 3 is 2.39 bits per heavy atom. The number of sulfone groups is 1. The lowest BCUT2D eigenvalue weighted by Crippen LogP contribution is -2.22. The first kappa shape index (κ1) is 24.5. The summed E-state index contributed by atoms with van der Waals surface area (Å²) in [5, 5.41) is 0. The Hall–Kier alpha value is -3.16. The van der Waals surface area contributed by atoms with Crippen LogP contribution in [0.5, 0.6) is 11.5 Å². The van der Waals surface area contributed by atoms with E-state index in [0.717, 1.165) is 47.4 Å². The molecule has 0 bridgehead atoms. The molecule has 3 aromatic carbocycles. The molecule has 36 heavy (non-hydrogen) atoms. The van der Waals surface area contributed by atoms with Crippen molar-refractivity contribution < 1.29 is 22.7 Å². The molecule has 6 nitrogen and oxygen atoms in total. The Bertz CT molecular complexity index is 1380. The van der Waals surface area contributed by atoms with E-state index in [1.807, 2.05) is 73.6 Å². The largest absolute Gasteiger partial charge is 0.454 e. The minimum absolute atomic E-state index is 0.132. The number of ketones is 1.